The van der Waals surface area contributed by atoms with Crippen molar-refractivity contribution in [3.8, 4) is 5.75 Å². The van der Waals surface area contributed by atoms with Crippen LogP contribution in [-0.4, -0.2) is 44.8 Å². The maximum Gasteiger partial charge on any atom is 0.240 e. The van der Waals surface area contributed by atoms with Crippen LogP contribution in [0.1, 0.15) is 13.3 Å². The molecular weight excluding hydrogens is 298 g/mol. The lowest BCUT2D eigenvalue weighted by molar-refractivity contribution is 0.201. The molecule has 0 fully saturated rings. The van der Waals surface area contributed by atoms with Gasteiger partial charge in [0.25, 0.3) is 0 Å². The number of sulfonamides is 1. The van der Waals surface area contributed by atoms with Crippen LogP contribution in [0.25, 0.3) is 0 Å². The van der Waals surface area contributed by atoms with E-state index in [0.717, 1.165) is 12.2 Å². The number of nitrogens with one attached hydrogen (secondary N) is 1. The summed E-state index contributed by atoms with van der Waals surface area (Å²) in [7, 11) is -3.49. The van der Waals surface area contributed by atoms with Gasteiger partial charge in [0.1, 0.15) is 12.4 Å². The molecule has 2 N–H and O–H groups in total. The van der Waals surface area contributed by atoms with Gasteiger partial charge >= 0.3 is 0 Å². The molecule has 0 bridgehead atoms. The van der Waals surface area contributed by atoms with Crippen LogP contribution in [0.2, 0.25) is 0 Å². The largest absolute Gasteiger partial charge is 0.491 e. The first-order valence-corrected chi connectivity index (χ1v) is 9.22. The Kier molecular flexibility index (Phi) is 7.36. The van der Waals surface area contributed by atoms with Crippen LogP contribution in [0, 0.1) is 0 Å². The van der Waals surface area contributed by atoms with Gasteiger partial charge in [-0.3, -0.25) is 0 Å². The number of aliphatic hydroxyl groups is 1. The van der Waals surface area contributed by atoms with Crippen LogP contribution in [0.3, 0.4) is 0 Å². The smallest absolute Gasteiger partial charge is 0.240 e. The number of benzene rings is 1. The molecule has 0 spiro atoms. The molecule has 5 nitrogen and oxygen atoms in total. The van der Waals surface area contributed by atoms with Gasteiger partial charge in [-0.25, -0.2) is 13.1 Å². The Labute approximate surface area is 124 Å². The molecule has 20 heavy (non-hydrogen) atoms. The second kappa shape index (κ2) is 8.51. The van der Waals surface area contributed by atoms with Crippen molar-refractivity contribution < 1.29 is 18.3 Å². The van der Waals surface area contributed by atoms with Crippen LogP contribution >= 0.6 is 11.8 Å². The summed E-state index contributed by atoms with van der Waals surface area (Å²) < 4.78 is 32.1. The van der Waals surface area contributed by atoms with Crippen molar-refractivity contribution in [2.75, 3.05) is 25.2 Å². The van der Waals surface area contributed by atoms with Gasteiger partial charge in [-0.15, -0.1) is 0 Å². The summed E-state index contributed by atoms with van der Waals surface area (Å²) in [5, 5.41) is 8.65. The molecule has 0 amide bonds. The first-order valence-electron chi connectivity index (χ1n) is 6.34. The predicted molar refractivity (Wildman–Crippen MR) is 81.8 cm³/mol. The summed E-state index contributed by atoms with van der Waals surface area (Å²) in [5.41, 5.74) is 0. The van der Waals surface area contributed by atoms with Crippen molar-refractivity contribution in [1.82, 2.24) is 4.72 Å². The van der Waals surface area contributed by atoms with Crippen molar-refractivity contribution in [1.29, 1.82) is 0 Å². The third kappa shape index (κ3) is 5.70. The Balaban J connectivity index is 2.67. The zero-order valence-corrected chi connectivity index (χ0v) is 13.3. The lowest BCUT2D eigenvalue weighted by Crippen LogP contribution is -2.32. The maximum atomic E-state index is 12.1. The standard InChI is InChI=1S/C13H21NO4S2/c1-11(7-10-19-2)14-20(16,17)13-5-3-12(4-6-13)18-9-8-15/h3-6,11,14-15H,7-10H2,1-2H3. The Morgan fingerprint density at radius 3 is 2.55 bits per heavy atom. The summed E-state index contributed by atoms with van der Waals surface area (Å²) in [6.07, 6.45) is 2.78. The van der Waals surface area contributed by atoms with Gasteiger partial charge in [-0.05, 0) is 49.6 Å². The summed E-state index contributed by atoms with van der Waals surface area (Å²) in [6.45, 7) is 1.97. The van der Waals surface area contributed by atoms with E-state index in [-0.39, 0.29) is 24.2 Å². The summed E-state index contributed by atoms with van der Waals surface area (Å²) >= 11 is 1.69. The van der Waals surface area contributed by atoms with E-state index in [0.29, 0.717) is 5.75 Å². The second-order valence-electron chi connectivity index (χ2n) is 4.35. The number of hydrogen-bond donors (Lipinski definition) is 2. The van der Waals surface area contributed by atoms with E-state index in [1.54, 1.807) is 23.9 Å². The van der Waals surface area contributed by atoms with Gasteiger partial charge in [0.15, 0.2) is 0 Å². The first-order chi connectivity index (χ1) is 9.49. The van der Waals surface area contributed by atoms with Crippen molar-refractivity contribution >= 4 is 21.8 Å². The van der Waals surface area contributed by atoms with Crippen LogP contribution in [0.4, 0.5) is 0 Å². The van der Waals surface area contributed by atoms with E-state index >= 15 is 0 Å². The van der Waals surface area contributed by atoms with Crippen molar-refractivity contribution in [2.45, 2.75) is 24.3 Å². The third-order valence-corrected chi connectivity index (χ3v) is 4.85. The lowest BCUT2D eigenvalue weighted by atomic mass is 10.3. The van der Waals surface area contributed by atoms with Crippen LogP contribution < -0.4 is 9.46 Å². The molecule has 1 unspecified atom stereocenters. The minimum atomic E-state index is -3.49. The normalized spacial score (nSPS) is 13.2. The number of rotatable bonds is 9. The molecule has 0 aliphatic heterocycles. The van der Waals surface area contributed by atoms with Gasteiger partial charge in [0.2, 0.25) is 10.0 Å². The highest BCUT2D eigenvalue weighted by molar-refractivity contribution is 7.98. The lowest BCUT2D eigenvalue weighted by Gasteiger charge is -2.14. The first kappa shape index (κ1) is 17.3. The van der Waals surface area contributed by atoms with Gasteiger partial charge in [0, 0.05) is 6.04 Å². The van der Waals surface area contributed by atoms with E-state index in [9.17, 15) is 8.42 Å². The van der Waals surface area contributed by atoms with Gasteiger partial charge in [0.05, 0.1) is 11.5 Å². The highest BCUT2D eigenvalue weighted by Gasteiger charge is 2.17. The number of aliphatic hydroxyl groups excluding tert-OH is 1. The fourth-order valence-corrected chi connectivity index (χ4v) is 3.43. The van der Waals surface area contributed by atoms with Gasteiger partial charge < -0.3 is 9.84 Å². The average molecular weight is 319 g/mol. The van der Waals surface area contributed by atoms with E-state index in [1.165, 1.54) is 12.1 Å². The summed E-state index contributed by atoms with van der Waals surface area (Å²) in [4.78, 5) is 0.213. The Bertz CT molecular complexity index is 488. The fourth-order valence-electron chi connectivity index (χ4n) is 1.56. The van der Waals surface area contributed by atoms with E-state index in [2.05, 4.69) is 4.72 Å². The minimum absolute atomic E-state index is 0.0748. The molecule has 7 heteroatoms. The Morgan fingerprint density at radius 2 is 2.00 bits per heavy atom. The van der Waals surface area contributed by atoms with Crippen molar-refractivity contribution in [3.05, 3.63) is 24.3 Å². The Hall–Kier alpha value is -0.760. The van der Waals surface area contributed by atoms with Crippen molar-refractivity contribution in [3.63, 3.8) is 0 Å². The highest BCUT2D eigenvalue weighted by atomic mass is 32.2. The molecule has 114 valence electrons. The average Bonchev–Trinajstić information content (AvgIpc) is 2.43. The number of ether oxygens (including phenoxy) is 1. The highest BCUT2D eigenvalue weighted by Crippen LogP contribution is 2.16. The second-order valence-corrected chi connectivity index (χ2v) is 7.05. The topological polar surface area (TPSA) is 75.6 Å². The van der Waals surface area contributed by atoms with Crippen LogP contribution in [-0.2, 0) is 10.0 Å². The molecule has 0 heterocycles. The molecule has 0 aliphatic carbocycles. The van der Waals surface area contributed by atoms with Crippen LogP contribution in [0.15, 0.2) is 29.2 Å². The van der Waals surface area contributed by atoms with E-state index in [1.807, 2.05) is 13.2 Å². The number of hydrogen-bond acceptors (Lipinski definition) is 5. The summed E-state index contributed by atoms with van der Waals surface area (Å²) in [5.74, 6) is 1.45. The molecule has 0 aliphatic rings. The zero-order valence-electron chi connectivity index (χ0n) is 11.7. The molecule has 0 saturated carbocycles. The monoisotopic (exact) mass is 319 g/mol. The molecule has 1 rings (SSSR count). The molecule has 1 aromatic rings. The molecule has 0 aromatic heterocycles. The molecule has 0 saturated heterocycles. The molecular formula is C13H21NO4S2. The Morgan fingerprint density at radius 1 is 1.35 bits per heavy atom. The summed E-state index contributed by atoms with van der Waals surface area (Å²) in [6, 6.07) is 6.05. The van der Waals surface area contributed by atoms with E-state index in [4.69, 9.17) is 9.84 Å². The zero-order chi connectivity index (χ0) is 15.0. The van der Waals surface area contributed by atoms with Crippen LogP contribution in [0.5, 0.6) is 5.75 Å². The van der Waals surface area contributed by atoms with Crippen molar-refractivity contribution in [2.24, 2.45) is 0 Å². The van der Waals surface area contributed by atoms with Gasteiger partial charge in [-0.1, -0.05) is 0 Å². The van der Waals surface area contributed by atoms with Gasteiger partial charge in [-0.2, -0.15) is 11.8 Å². The molecule has 1 aromatic carbocycles. The quantitative estimate of drug-likeness (QED) is 0.721. The number of thioether (sulfide) groups is 1. The molecule has 0 radical (unpaired) electrons. The molecule has 1 atom stereocenters. The fraction of sp³-hybridized carbons (Fsp3) is 0.538. The SMILES string of the molecule is CSCCC(C)NS(=O)(=O)c1ccc(OCCO)cc1. The minimum Gasteiger partial charge on any atom is -0.491 e. The predicted octanol–water partition coefficient (Wildman–Crippen LogP) is 1.48. The van der Waals surface area contributed by atoms with E-state index < -0.39 is 10.0 Å². The third-order valence-electron chi connectivity index (χ3n) is 2.61. The maximum absolute atomic E-state index is 12.1.